The standard InChI is InChI=1S/C22H34O6/c1-8-13(4)20(24)26-16-11-22(7)19(28-22)17(25-14(5)23)15(12(2)3)9-10-21(6)18(16)27-21/h8,12,15-19H,9-11H2,1-7H3. The molecule has 0 aromatic carbocycles. The summed E-state index contributed by atoms with van der Waals surface area (Å²) in [5, 5.41) is 0. The minimum Gasteiger partial charge on any atom is -0.459 e. The predicted octanol–water partition coefficient (Wildman–Crippen LogP) is 3.57. The van der Waals surface area contributed by atoms with Crippen LogP contribution < -0.4 is 0 Å². The predicted molar refractivity (Wildman–Crippen MR) is 104 cm³/mol. The number of hydrogen-bond donors (Lipinski definition) is 0. The minimum absolute atomic E-state index is 0.124. The molecule has 158 valence electrons. The summed E-state index contributed by atoms with van der Waals surface area (Å²) < 4.78 is 23.7. The molecule has 1 saturated carbocycles. The van der Waals surface area contributed by atoms with Gasteiger partial charge < -0.3 is 18.9 Å². The molecule has 3 fully saturated rings. The molecular formula is C22H34O6. The molecule has 2 heterocycles. The van der Waals surface area contributed by atoms with Gasteiger partial charge in [-0.05, 0) is 46.5 Å². The molecule has 1 aliphatic carbocycles. The molecule has 0 radical (unpaired) electrons. The van der Waals surface area contributed by atoms with Gasteiger partial charge in [-0.25, -0.2) is 4.79 Å². The number of allylic oxidation sites excluding steroid dienone is 1. The third-order valence-corrected chi connectivity index (χ3v) is 6.69. The maximum atomic E-state index is 12.4. The number of carbonyl (C=O) groups is 2. The van der Waals surface area contributed by atoms with E-state index in [2.05, 4.69) is 20.8 Å². The summed E-state index contributed by atoms with van der Waals surface area (Å²) in [7, 11) is 0. The van der Waals surface area contributed by atoms with Crippen molar-refractivity contribution < 1.29 is 28.5 Å². The van der Waals surface area contributed by atoms with Crippen LogP contribution >= 0.6 is 0 Å². The van der Waals surface area contributed by atoms with Crippen LogP contribution in [0.2, 0.25) is 0 Å². The zero-order chi connectivity index (χ0) is 20.9. The van der Waals surface area contributed by atoms with Gasteiger partial charge in [0.25, 0.3) is 0 Å². The van der Waals surface area contributed by atoms with E-state index in [1.807, 2.05) is 13.8 Å². The average Bonchev–Trinajstić information content (AvgIpc) is 3.46. The van der Waals surface area contributed by atoms with Crippen LogP contribution in [0, 0.1) is 11.8 Å². The van der Waals surface area contributed by atoms with Gasteiger partial charge in [-0.1, -0.05) is 19.9 Å². The molecular weight excluding hydrogens is 360 g/mol. The minimum atomic E-state index is -0.494. The second-order valence-electron chi connectivity index (χ2n) is 9.34. The molecule has 0 N–H and O–H groups in total. The van der Waals surface area contributed by atoms with E-state index in [1.54, 1.807) is 13.0 Å². The van der Waals surface area contributed by atoms with E-state index in [0.29, 0.717) is 17.9 Å². The van der Waals surface area contributed by atoms with Crippen LogP contribution in [0.1, 0.15) is 67.7 Å². The number of esters is 2. The van der Waals surface area contributed by atoms with E-state index < -0.39 is 5.60 Å². The SMILES string of the molecule is CC=C(C)C(=O)OC1CC2(C)OC2C(OC(C)=O)C(C(C)C)CCC2(C)OC12. The Morgan fingerprint density at radius 1 is 1.07 bits per heavy atom. The van der Waals surface area contributed by atoms with E-state index in [-0.39, 0.29) is 47.9 Å². The van der Waals surface area contributed by atoms with E-state index in [9.17, 15) is 9.59 Å². The molecule has 0 aromatic heterocycles. The van der Waals surface area contributed by atoms with Crippen molar-refractivity contribution in [2.45, 2.75) is 103 Å². The Morgan fingerprint density at radius 3 is 2.29 bits per heavy atom. The van der Waals surface area contributed by atoms with Crippen LogP contribution in [0.15, 0.2) is 11.6 Å². The summed E-state index contributed by atoms with van der Waals surface area (Å²) in [5.41, 5.74) is -0.233. The lowest BCUT2D eigenvalue weighted by atomic mass is 9.77. The number of ether oxygens (including phenoxy) is 4. The highest BCUT2D eigenvalue weighted by atomic mass is 16.7. The van der Waals surface area contributed by atoms with E-state index in [1.165, 1.54) is 6.92 Å². The molecule has 7 unspecified atom stereocenters. The lowest BCUT2D eigenvalue weighted by Crippen LogP contribution is -2.41. The normalized spacial score (nSPS) is 42.9. The molecule has 0 amide bonds. The molecule has 2 aliphatic heterocycles. The maximum absolute atomic E-state index is 12.4. The molecule has 28 heavy (non-hydrogen) atoms. The van der Waals surface area contributed by atoms with Crippen LogP contribution in [-0.2, 0) is 28.5 Å². The van der Waals surface area contributed by atoms with Crippen molar-refractivity contribution in [3.63, 3.8) is 0 Å². The highest BCUT2D eigenvalue weighted by Crippen LogP contribution is 2.54. The Bertz CT molecular complexity index is 670. The Labute approximate surface area is 167 Å². The van der Waals surface area contributed by atoms with Crippen molar-refractivity contribution in [3.8, 4) is 0 Å². The number of epoxide rings is 2. The molecule has 0 bridgehead atoms. The highest BCUT2D eigenvalue weighted by Gasteiger charge is 2.66. The van der Waals surface area contributed by atoms with Gasteiger partial charge in [0.2, 0.25) is 0 Å². The zero-order valence-corrected chi connectivity index (χ0v) is 18.1. The average molecular weight is 395 g/mol. The first-order valence-corrected chi connectivity index (χ1v) is 10.4. The third kappa shape index (κ3) is 4.13. The van der Waals surface area contributed by atoms with Crippen LogP contribution in [-0.4, -0.2) is 47.6 Å². The molecule has 2 saturated heterocycles. The second-order valence-corrected chi connectivity index (χ2v) is 9.34. The van der Waals surface area contributed by atoms with E-state index in [4.69, 9.17) is 18.9 Å². The van der Waals surface area contributed by atoms with Crippen LogP contribution in [0.5, 0.6) is 0 Å². The summed E-state index contributed by atoms with van der Waals surface area (Å²) in [6, 6.07) is 0. The molecule has 6 nitrogen and oxygen atoms in total. The first kappa shape index (κ1) is 21.3. The fourth-order valence-electron chi connectivity index (χ4n) is 4.61. The fourth-order valence-corrected chi connectivity index (χ4v) is 4.61. The van der Waals surface area contributed by atoms with Gasteiger partial charge >= 0.3 is 11.9 Å². The number of hydrogen-bond acceptors (Lipinski definition) is 6. The lowest BCUT2D eigenvalue weighted by molar-refractivity contribution is -0.151. The summed E-state index contributed by atoms with van der Waals surface area (Å²) >= 11 is 0. The molecule has 3 rings (SSSR count). The van der Waals surface area contributed by atoms with Crippen molar-refractivity contribution in [2.75, 3.05) is 0 Å². The van der Waals surface area contributed by atoms with Crippen LogP contribution in [0.3, 0.4) is 0 Å². The molecule has 7 atom stereocenters. The fraction of sp³-hybridized carbons (Fsp3) is 0.818. The summed E-state index contributed by atoms with van der Waals surface area (Å²) in [5.74, 6) is -0.0606. The van der Waals surface area contributed by atoms with Crippen molar-refractivity contribution >= 4 is 11.9 Å². The van der Waals surface area contributed by atoms with Gasteiger partial charge in [-0.2, -0.15) is 0 Å². The molecule has 0 spiro atoms. The number of carbonyl (C=O) groups excluding carboxylic acids is 2. The van der Waals surface area contributed by atoms with Gasteiger partial charge in [-0.15, -0.1) is 0 Å². The van der Waals surface area contributed by atoms with Crippen LogP contribution in [0.4, 0.5) is 0 Å². The largest absolute Gasteiger partial charge is 0.459 e. The highest BCUT2D eigenvalue weighted by molar-refractivity contribution is 5.87. The Balaban J connectivity index is 1.85. The Hall–Kier alpha value is -1.40. The van der Waals surface area contributed by atoms with Gasteiger partial charge in [0.05, 0.1) is 11.2 Å². The monoisotopic (exact) mass is 394 g/mol. The third-order valence-electron chi connectivity index (χ3n) is 6.69. The first-order chi connectivity index (χ1) is 13.0. The second kappa shape index (κ2) is 7.45. The van der Waals surface area contributed by atoms with Gasteiger partial charge in [-0.3, -0.25) is 4.79 Å². The van der Waals surface area contributed by atoms with Gasteiger partial charge in [0.15, 0.2) is 0 Å². The van der Waals surface area contributed by atoms with Crippen molar-refractivity contribution in [1.82, 2.24) is 0 Å². The maximum Gasteiger partial charge on any atom is 0.333 e. The topological polar surface area (TPSA) is 77.7 Å². The Kier molecular flexibility index (Phi) is 5.67. The van der Waals surface area contributed by atoms with Gasteiger partial charge in [0, 0.05) is 24.8 Å². The van der Waals surface area contributed by atoms with Gasteiger partial charge in [0.1, 0.15) is 24.4 Å². The first-order valence-electron chi connectivity index (χ1n) is 10.4. The van der Waals surface area contributed by atoms with Crippen LogP contribution in [0.25, 0.3) is 0 Å². The summed E-state index contributed by atoms with van der Waals surface area (Å²) in [6.45, 7) is 13.4. The molecule has 3 aliphatic rings. The van der Waals surface area contributed by atoms with Crippen molar-refractivity contribution in [1.29, 1.82) is 0 Å². The van der Waals surface area contributed by atoms with Crippen molar-refractivity contribution in [3.05, 3.63) is 11.6 Å². The van der Waals surface area contributed by atoms with Crippen molar-refractivity contribution in [2.24, 2.45) is 11.8 Å². The number of rotatable bonds is 4. The quantitative estimate of drug-likeness (QED) is 0.412. The number of fused-ring (bicyclic) bond motifs is 2. The lowest BCUT2D eigenvalue weighted by Gasteiger charge is -2.31. The Morgan fingerprint density at radius 2 is 1.71 bits per heavy atom. The smallest absolute Gasteiger partial charge is 0.333 e. The summed E-state index contributed by atoms with van der Waals surface area (Å²) in [4.78, 5) is 24.2. The van der Waals surface area contributed by atoms with E-state index in [0.717, 1.165) is 12.8 Å². The molecule has 6 heteroatoms. The van der Waals surface area contributed by atoms with E-state index >= 15 is 0 Å². The zero-order valence-electron chi connectivity index (χ0n) is 18.1. The summed E-state index contributed by atoms with van der Waals surface area (Å²) in [6.07, 6.45) is 2.99. The molecule has 0 aromatic rings.